The smallest absolute Gasteiger partial charge is 0.00610 e. The van der Waals surface area contributed by atoms with Crippen molar-refractivity contribution in [3.8, 4) is 0 Å². The van der Waals surface area contributed by atoms with Gasteiger partial charge in [0.05, 0.1) is 0 Å². The fourth-order valence-corrected chi connectivity index (χ4v) is 0.622. The monoisotopic (exact) mass is 100 g/mol. The minimum atomic E-state index is 0.913. The van der Waals surface area contributed by atoms with Crippen LogP contribution in [0.1, 0.15) is 0 Å². The molecule has 0 atom stereocenters. The number of hydrazine groups is 1. The van der Waals surface area contributed by atoms with Crippen LogP contribution in [0, 0.1) is 0 Å². The Balaban J connectivity index is 2.12. The summed E-state index contributed by atoms with van der Waals surface area (Å²) in [6.07, 6.45) is 0. The fourth-order valence-electron chi connectivity index (χ4n) is 0.622. The van der Waals surface area contributed by atoms with Crippen molar-refractivity contribution in [3.63, 3.8) is 0 Å². The number of piperazine rings is 1. The summed E-state index contributed by atoms with van der Waals surface area (Å²) >= 11 is 0. The molecule has 0 radical (unpaired) electrons. The van der Waals surface area contributed by atoms with Gasteiger partial charge in [-0.15, -0.1) is 13.1 Å². The average Bonchev–Trinajstić information content (AvgIpc) is 1.69. The van der Waals surface area contributed by atoms with Crippen LogP contribution >= 0.6 is 0 Å². The van der Waals surface area contributed by atoms with Gasteiger partial charge in [-0.3, -0.25) is 10.9 Å². The van der Waals surface area contributed by atoms with E-state index in [1.54, 1.807) is 5.01 Å². The molecule has 1 aliphatic heterocycles. The lowest BCUT2D eigenvalue weighted by Crippen LogP contribution is -2.39. The summed E-state index contributed by atoms with van der Waals surface area (Å²) in [6.45, 7) is 3.69. The molecule has 0 aliphatic carbocycles. The van der Waals surface area contributed by atoms with Gasteiger partial charge in [0.25, 0.3) is 0 Å². The van der Waals surface area contributed by atoms with Crippen LogP contribution in [0.2, 0.25) is 0 Å². The van der Waals surface area contributed by atoms with E-state index in [1.807, 2.05) is 0 Å². The van der Waals surface area contributed by atoms with E-state index in [-0.39, 0.29) is 0 Å². The molecule has 0 unspecified atom stereocenters. The van der Waals surface area contributed by atoms with Gasteiger partial charge in [-0.05, 0) is 13.1 Å². The quantitative estimate of drug-likeness (QED) is 0.419. The molecule has 3 heteroatoms. The second kappa shape index (κ2) is 2.26. The second-order valence-corrected chi connectivity index (χ2v) is 1.71. The first-order chi connectivity index (χ1) is 3.39. The Morgan fingerprint density at radius 3 is 2.14 bits per heavy atom. The largest absolute Gasteiger partial charge is 0.660 e. The molecule has 0 aromatic carbocycles. The van der Waals surface area contributed by atoms with Crippen molar-refractivity contribution in [1.29, 1.82) is 0 Å². The highest BCUT2D eigenvalue weighted by Gasteiger charge is 1.93. The molecule has 0 aromatic heterocycles. The summed E-state index contributed by atoms with van der Waals surface area (Å²) in [5, 5.41) is 5.90. The van der Waals surface area contributed by atoms with E-state index in [2.05, 4.69) is 5.32 Å². The molecule has 3 nitrogen and oxygen atoms in total. The number of nitrogens with zero attached hydrogens (tertiary/aromatic N) is 2. The predicted molar refractivity (Wildman–Crippen MR) is 28.9 cm³/mol. The van der Waals surface area contributed by atoms with Crippen LogP contribution in [0.25, 0.3) is 5.32 Å². The molecular formula is C4H10N3-. The maximum absolute atomic E-state index is 5.41. The maximum Gasteiger partial charge on any atom is -0.00610 e. The van der Waals surface area contributed by atoms with E-state index >= 15 is 0 Å². The third-order valence-electron chi connectivity index (χ3n) is 1.09. The molecule has 0 spiro atoms. The van der Waals surface area contributed by atoms with E-state index in [4.69, 9.17) is 5.84 Å². The van der Waals surface area contributed by atoms with E-state index in [0.717, 1.165) is 26.2 Å². The van der Waals surface area contributed by atoms with Crippen molar-refractivity contribution in [2.45, 2.75) is 0 Å². The molecule has 42 valence electrons. The Morgan fingerprint density at radius 1 is 1.29 bits per heavy atom. The summed E-state index contributed by atoms with van der Waals surface area (Å²) < 4.78 is 0. The summed E-state index contributed by atoms with van der Waals surface area (Å²) in [5.74, 6) is 5.41. The lowest BCUT2D eigenvalue weighted by Gasteiger charge is -2.31. The number of rotatable bonds is 0. The first kappa shape index (κ1) is 5.03. The number of nitrogens with two attached hydrogens (primary N) is 1. The van der Waals surface area contributed by atoms with E-state index in [1.165, 1.54) is 0 Å². The Hall–Kier alpha value is -0.120. The Bertz CT molecular complexity index is 48.9. The Morgan fingerprint density at radius 2 is 1.86 bits per heavy atom. The molecule has 0 amide bonds. The van der Waals surface area contributed by atoms with Crippen LogP contribution in [0.3, 0.4) is 0 Å². The van der Waals surface area contributed by atoms with Crippen LogP contribution in [-0.4, -0.2) is 31.2 Å². The van der Waals surface area contributed by atoms with Crippen LogP contribution in [-0.2, 0) is 0 Å². The van der Waals surface area contributed by atoms with Crippen molar-refractivity contribution < 1.29 is 0 Å². The van der Waals surface area contributed by atoms with Gasteiger partial charge < -0.3 is 5.32 Å². The Labute approximate surface area is 43.4 Å². The van der Waals surface area contributed by atoms with Crippen molar-refractivity contribution in [2.24, 2.45) is 5.84 Å². The Kier molecular flexibility index (Phi) is 1.62. The number of hydrogen-bond donors (Lipinski definition) is 1. The highest BCUT2D eigenvalue weighted by atomic mass is 15.4. The van der Waals surface area contributed by atoms with Gasteiger partial charge in [-0.25, -0.2) is 0 Å². The second-order valence-electron chi connectivity index (χ2n) is 1.71. The van der Waals surface area contributed by atoms with Gasteiger partial charge in [0.2, 0.25) is 0 Å². The lowest BCUT2D eigenvalue weighted by atomic mass is 10.4. The molecule has 0 aromatic rings. The van der Waals surface area contributed by atoms with Gasteiger partial charge in [0.15, 0.2) is 0 Å². The normalized spacial score (nSPS) is 25.3. The van der Waals surface area contributed by atoms with Crippen molar-refractivity contribution in [2.75, 3.05) is 26.2 Å². The zero-order valence-corrected chi connectivity index (χ0v) is 4.30. The zero-order valence-electron chi connectivity index (χ0n) is 4.30. The topological polar surface area (TPSA) is 43.4 Å². The molecular weight excluding hydrogens is 90.1 g/mol. The molecule has 0 bridgehead atoms. The zero-order chi connectivity index (χ0) is 5.11. The molecule has 1 saturated heterocycles. The van der Waals surface area contributed by atoms with Crippen LogP contribution in [0.5, 0.6) is 0 Å². The van der Waals surface area contributed by atoms with E-state index in [0.29, 0.717) is 0 Å². The lowest BCUT2D eigenvalue weighted by molar-refractivity contribution is 0.289. The van der Waals surface area contributed by atoms with Crippen LogP contribution in [0.15, 0.2) is 0 Å². The van der Waals surface area contributed by atoms with E-state index in [9.17, 15) is 0 Å². The number of hydrogen-bond acceptors (Lipinski definition) is 2. The summed E-state index contributed by atoms with van der Waals surface area (Å²) in [4.78, 5) is 0. The molecule has 2 N–H and O–H groups in total. The summed E-state index contributed by atoms with van der Waals surface area (Å²) in [7, 11) is 0. The van der Waals surface area contributed by atoms with Crippen LogP contribution < -0.4 is 5.84 Å². The molecule has 1 rings (SSSR count). The maximum atomic E-state index is 5.41. The van der Waals surface area contributed by atoms with Gasteiger partial charge in [0.1, 0.15) is 0 Å². The third kappa shape index (κ3) is 1.43. The summed E-state index contributed by atoms with van der Waals surface area (Å²) in [6, 6.07) is 0. The molecule has 0 saturated carbocycles. The van der Waals surface area contributed by atoms with Crippen LogP contribution in [0.4, 0.5) is 0 Å². The first-order valence-corrected chi connectivity index (χ1v) is 2.52. The van der Waals surface area contributed by atoms with Crippen molar-refractivity contribution in [3.05, 3.63) is 5.32 Å². The molecule has 1 fully saturated rings. The fraction of sp³-hybridized carbons (Fsp3) is 1.00. The van der Waals surface area contributed by atoms with Gasteiger partial charge in [-0.2, -0.15) is 0 Å². The highest BCUT2D eigenvalue weighted by molar-refractivity contribution is 4.85. The molecule has 1 heterocycles. The SMILES string of the molecule is NN1CC[N-]CC1. The standard InChI is InChI=1S/C4H10N3/c5-7-3-1-6-2-4-7/h1-5H2/q-1. The van der Waals surface area contributed by atoms with Gasteiger partial charge in [-0.1, -0.05) is 0 Å². The van der Waals surface area contributed by atoms with E-state index < -0.39 is 0 Å². The van der Waals surface area contributed by atoms with Gasteiger partial charge >= 0.3 is 0 Å². The third-order valence-corrected chi connectivity index (χ3v) is 1.09. The minimum absolute atomic E-state index is 0.913. The summed E-state index contributed by atoms with van der Waals surface area (Å²) in [5.41, 5.74) is 0. The van der Waals surface area contributed by atoms with Crippen molar-refractivity contribution >= 4 is 0 Å². The van der Waals surface area contributed by atoms with Crippen molar-refractivity contribution in [1.82, 2.24) is 5.01 Å². The predicted octanol–water partition coefficient (Wildman–Crippen LogP) is -0.451. The first-order valence-electron chi connectivity index (χ1n) is 2.52. The molecule has 1 aliphatic rings. The average molecular weight is 100 g/mol. The highest BCUT2D eigenvalue weighted by Crippen LogP contribution is 1.94. The molecule has 7 heavy (non-hydrogen) atoms. The minimum Gasteiger partial charge on any atom is -0.660 e. The van der Waals surface area contributed by atoms with Gasteiger partial charge in [0, 0.05) is 0 Å².